The van der Waals surface area contributed by atoms with E-state index in [9.17, 15) is 5.11 Å². The van der Waals surface area contributed by atoms with Gasteiger partial charge in [0.1, 0.15) is 5.69 Å². The minimum atomic E-state index is -0.0381. The summed E-state index contributed by atoms with van der Waals surface area (Å²) in [4.78, 5) is 1.19. The molecular weight excluding hydrogens is 298 g/mol. The molecule has 3 heterocycles. The molecule has 6 heteroatoms. The van der Waals surface area contributed by atoms with Crippen molar-refractivity contribution in [3.63, 3.8) is 0 Å². The van der Waals surface area contributed by atoms with E-state index in [0.29, 0.717) is 0 Å². The molecule has 2 aromatic heterocycles. The summed E-state index contributed by atoms with van der Waals surface area (Å²) >= 11 is 1.71. The lowest BCUT2D eigenvalue weighted by molar-refractivity contribution is -0.0154. The zero-order valence-electron chi connectivity index (χ0n) is 12.9. The Bertz CT molecular complexity index is 589. The van der Waals surface area contributed by atoms with Crippen molar-refractivity contribution in [2.45, 2.75) is 19.4 Å². The van der Waals surface area contributed by atoms with Crippen LogP contribution in [0.25, 0.3) is 10.6 Å². The van der Waals surface area contributed by atoms with Crippen LogP contribution in [-0.2, 0) is 18.3 Å². The molecule has 5 nitrogen and oxygen atoms in total. The van der Waals surface area contributed by atoms with Crippen molar-refractivity contribution < 1.29 is 9.84 Å². The van der Waals surface area contributed by atoms with Crippen LogP contribution in [-0.4, -0.2) is 41.3 Å². The fourth-order valence-corrected chi connectivity index (χ4v) is 3.69. The van der Waals surface area contributed by atoms with Gasteiger partial charge >= 0.3 is 0 Å². The zero-order valence-corrected chi connectivity index (χ0v) is 13.7. The number of nitrogens with one attached hydrogen (secondary N) is 1. The monoisotopic (exact) mass is 321 g/mol. The fourth-order valence-electron chi connectivity index (χ4n) is 2.95. The molecule has 1 aliphatic heterocycles. The van der Waals surface area contributed by atoms with E-state index in [1.807, 2.05) is 11.7 Å². The third-order valence-corrected chi connectivity index (χ3v) is 5.24. The molecule has 1 saturated heterocycles. The number of hydrogen-bond acceptors (Lipinski definition) is 5. The Morgan fingerprint density at radius 3 is 2.95 bits per heavy atom. The van der Waals surface area contributed by atoms with Crippen molar-refractivity contribution in [2.75, 3.05) is 26.4 Å². The van der Waals surface area contributed by atoms with Gasteiger partial charge in [0.25, 0.3) is 0 Å². The standard InChI is InChI=1S/C16H23N3O2S/c1-19-10-13(15(18-19)14-3-2-8-22-14)9-17-11-16(12-20)4-6-21-7-5-16/h2-3,8,10,17,20H,4-7,9,11-12H2,1H3. The molecule has 22 heavy (non-hydrogen) atoms. The molecule has 1 aliphatic rings. The van der Waals surface area contributed by atoms with E-state index in [4.69, 9.17) is 4.74 Å². The molecule has 2 N–H and O–H groups in total. The third kappa shape index (κ3) is 3.41. The normalized spacial score (nSPS) is 17.7. The highest BCUT2D eigenvalue weighted by Crippen LogP contribution is 2.30. The molecule has 2 aromatic rings. The van der Waals surface area contributed by atoms with Crippen LogP contribution in [0.15, 0.2) is 23.7 Å². The molecule has 1 fully saturated rings. The molecule has 0 saturated carbocycles. The lowest BCUT2D eigenvalue weighted by Crippen LogP contribution is -2.41. The number of nitrogens with zero attached hydrogens (tertiary/aromatic N) is 2. The number of aliphatic hydroxyl groups excluding tert-OH is 1. The number of aliphatic hydroxyl groups is 1. The molecule has 120 valence electrons. The second-order valence-electron chi connectivity index (χ2n) is 6.03. The predicted molar refractivity (Wildman–Crippen MR) is 87.8 cm³/mol. The van der Waals surface area contributed by atoms with E-state index >= 15 is 0 Å². The first-order chi connectivity index (χ1) is 10.7. The molecule has 0 amide bonds. The third-order valence-electron chi connectivity index (χ3n) is 4.36. The molecule has 3 rings (SSSR count). The van der Waals surface area contributed by atoms with Crippen molar-refractivity contribution >= 4 is 11.3 Å². The van der Waals surface area contributed by atoms with Crippen LogP contribution in [0.3, 0.4) is 0 Å². The van der Waals surface area contributed by atoms with Crippen LogP contribution in [0.5, 0.6) is 0 Å². The van der Waals surface area contributed by atoms with Crippen LogP contribution in [0.2, 0.25) is 0 Å². The quantitative estimate of drug-likeness (QED) is 0.855. The lowest BCUT2D eigenvalue weighted by atomic mass is 9.81. The van der Waals surface area contributed by atoms with Crippen molar-refractivity contribution in [3.8, 4) is 10.6 Å². The molecular formula is C16H23N3O2S. The average Bonchev–Trinajstić information content (AvgIpc) is 3.18. The Labute approximate surface area is 134 Å². The number of thiophene rings is 1. The highest BCUT2D eigenvalue weighted by atomic mass is 32.1. The van der Waals surface area contributed by atoms with Crippen LogP contribution >= 0.6 is 11.3 Å². The molecule has 0 aromatic carbocycles. The van der Waals surface area contributed by atoms with Gasteiger partial charge in [-0.1, -0.05) is 6.07 Å². The molecule has 0 unspecified atom stereocenters. The van der Waals surface area contributed by atoms with Gasteiger partial charge in [-0.3, -0.25) is 4.68 Å². The Kier molecular flexibility index (Phi) is 4.93. The van der Waals surface area contributed by atoms with E-state index in [1.165, 1.54) is 10.4 Å². The summed E-state index contributed by atoms with van der Waals surface area (Å²) in [6.45, 7) is 3.29. The summed E-state index contributed by atoms with van der Waals surface area (Å²) in [5.74, 6) is 0. The van der Waals surface area contributed by atoms with E-state index < -0.39 is 0 Å². The molecule has 0 radical (unpaired) electrons. The number of aryl methyl sites for hydroxylation is 1. The van der Waals surface area contributed by atoms with E-state index in [0.717, 1.165) is 44.8 Å². The van der Waals surface area contributed by atoms with Crippen molar-refractivity contribution in [1.29, 1.82) is 0 Å². The van der Waals surface area contributed by atoms with Gasteiger partial charge in [0.15, 0.2) is 0 Å². The number of ether oxygens (including phenoxy) is 1. The highest BCUT2D eigenvalue weighted by Gasteiger charge is 2.31. The van der Waals surface area contributed by atoms with Crippen LogP contribution < -0.4 is 5.32 Å². The Morgan fingerprint density at radius 1 is 1.45 bits per heavy atom. The van der Waals surface area contributed by atoms with Gasteiger partial charge in [-0.05, 0) is 24.3 Å². The van der Waals surface area contributed by atoms with Gasteiger partial charge < -0.3 is 15.2 Å². The van der Waals surface area contributed by atoms with Crippen molar-refractivity contribution in [3.05, 3.63) is 29.3 Å². The first-order valence-corrected chi connectivity index (χ1v) is 8.56. The van der Waals surface area contributed by atoms with E-state index in [1.54, 1.807) is 11.3 Å². The van der Waals surface area contributed by atoms with Gasteiger partial charge in [0, 0.05) is 50.5 Å². The Hall–Kier alpha value is -1.21. The van der Waals surface area contributed by atoms with Crippen molar-refractivity contribution in [1.82, 2.24) is 15.1 Å². The summed E-state index contributed by atoms with van der Waals surface area (Å²) in [5, 5.41) is 19.9. The summed E-state index contributed by atoms with van der Waals surface area (Å²) in [5.41, 5.74) is 2.21. The maximum Gasteiger partial charge on any atom is 0.107 e. The highest BCUT2D eigenvalue weighted by molar-refractivity contribution is 7.13. The molecule has 0 spiro atoms. The minimum absolute atomic E-state index is 0.0381. The maximum absolute atomic E-state index is 9.74. The van der Waals surface area contributed by atoms with E-state index in [2.05, 4.69) is 34.1 Å². The van der Waals surface area contributed by atoms with Crippen LogP contribution in [0.1, 0.15) is 18.4 Å². The van der Waals surface area contributed by atoms with Gasteiger partial charge in [-0.25, -0.2) is 0 Å². The van der Waals surface area contributed by atoms with Gasteiger partial charge in [0.2, 0.25) is 0 Å². The van der Waals surface area contributed by atoms with Gasteiger partial charge in [-0.15, -0.1) is 11.3 Å². The number of aromatic nitrogens is 2. The summed E-state index contributed by atoms with van der Waals surface area (Å²) in [6, 6.07) is 4.15. The van der Waals surface area contributed by atoms with Crippen molar-refractivity contribution in [2.24, 2.45) is 12.5 Å². The topological polar surface area (TPSA) is 59.3 Å². The zero-order chi connectivity index (χ0) is 15.4. The molecule has 0 atom stereocenters. The largest absolute Gasteiger partial charge is 0.396 e. The van der Waals surface area contributed by atoms with Gasteiger partial charge in [0.05, 0.1) is 11.5 Å². The first-order valence-electron chi connectivity index (χ1n) is 7.68. The predicted octanol–water partition coefficient (Wildman–Crippen LogP) is 2.03. The molecule has 0 bridgehead atoms. The minimum Gasteiger partial charge on any atom is -0.396 e. The fraction of sp³-hybridized carbons (Fsp3) is 0.562. The summed E-state index contributed by atoms with van der Waals surface area (Å²) in [6.07, 6.45) is 3.90. The van der Waals surface area contributed by atoms with Gasteiger partial charge in [-0.2, -0.15) is 5.10 Å². The number of rotatable bonds is 6. The number of hydrogen-bond donors (Lipinski definition) is 2. The van der Waals surface area contributed by atoms with Crippen LogP contribution in [0, 0.1) is 5.41 Å². The second kappa shape index (κ2) is 6.91. The summed E-state index contributed by atoms with van der Waals surface area (Å²) < 4.78 is 7.28. The Balaban J connectivity index is 1.64. The lowest BCUT2D eigenvalue weighted by Gasteiger charge is -2.35. The average molecular weight is 321 g/mol. The van der Waals surface area contributed by atoms with E-state index in [-0.39, 0.29) is 12.0 Å². The first kappa shape index (κ1) is 15.7. The van der Waals surface area contributed by atoms with Crippen LogP contribution in [0.4, 0.5) is 0 Å². The SMILES string of the molecule is Cn1cc(CNCC2(CO)CCOCC2)c(-c2cccs2)n1. The Morgan fingerprint density at radius 2 is 2.27 bits per heavy atom. The smallest absolute Gasteiger partial charge is 0.107 e. The summed E-state index contributed by atoms with van der Waals surface area (Å²) in [7, 11) is 1.95. The maximum atomic E-state index is 9.74. The molecule has 0 aliphatic carbocycles. The second-order valence-corrected chi connectivity index (χ2v) is 6.98.